The fourth-order valence-electron chi connectivity index (χ4n) is 2.66. The van der Waals surface area contributed by atoms with Crippen molar-refractivity contribution >= 4 is 44.7 Å². The minimum absolute atomic E-state index is 0.00417. The molecule has 0 aliphatic carbocycles. The molecule has 1 aliphatic heterocycles. The van der Waals surface area contributed by atoms with Gasteiger partial charge in [0.1, 0.15) is 13.2 Å². The molecule has 0 bridgehead atoms. The van der Waals surface area contributed by atoms with Crippen LogP contribution in [0.2, 0.25) is 0 Å². The monoisotopic (exact) mass is 443 g/mol. The average molecular weight is 444 g/mol. The molecule has 3 N–H and O–H groups in total. The molecule has 3 aromatic rings. The lowest BCUT2D eigenvalue weighted by Gasteiger charge is -2.19. The second-order valence-corrected chi connectivity index (χ2v) is 8.23. The Kier molecular flexibility index (Phi) is 5.63. The predicted molar refractivity (Wildman–Crippen MR) is 117 cm³/mol. The largest absolute Gasteiger partial charge is 0.486 e. The lowest BCUT2D eigenvalue weighted by atomic mass is 10.2. The third kappa shape index (κ3) is 4.75. The normalized spacial score (nSPS) is 12.7. The number of ether oxygens (including phenoxy) is 2. The molecule has 30 heavy (non-hydrogen) atoms. The molecule has 2 heterocycles. The van der Waals surface area contributed by atoms with E-state index in [1.54, 1.807) is 24.3 Å². The molecule has 0 spiro atoms. The van der Waals surface area contributed by atoms with E-state index in [1.807, 2.05) is 12.1 Å². The molecule has 0 unspecified atom stereocenters. The summed E-state index contributed by atoms with van der Waals surface area (Å²) in [6.07, 6.45) is 2.90. The highest BCUT2D eigenvalue weighted by Gasteiger charge is 2.16. The van der Waals surface area contributed by atoms with Crippen LogP contribution in [0.1, 0.15) is 0 Å². The Bertz CT molecular complexity index is 1160. The highest BCUT2D eigenvalue weighted by molar-refractivity contribution is 7.92. The zero-order valence-corrected chi connectivity index (χ0v) is 17.2. The van der Waals surface area contributed by atoms with Crippen molar-refractivity contribution in [1.29, 1.82) is 0 Å². The van der Waals surface area contributed by atoms with Crippen molar-refractivity contribution < 1.29 is 17.9 Å². The van der Waals surface area contributed by atoms with Gasteiger partial charge in [-0.25, -0.2) is 23.1 Å². The van der Waals surface area contributed by atoms with E-state index in [4.69, 9.17) is 21.7 Å². The quantitative estimate of drug-likeness (QED) is 0.512. The number of nitrogens with one attached hydrogen (secondary N) is 3. The number of nitrogens with zero attached hydrogens (tertiary/aromatic N) is 2. The van der Waals surface area contributed by atoms with Gasteiger partial charge in [0.15, 0.2) is 16.6 Å². The number of sulfonamides is 1. The number of fused-ring (bicyclic) bond motifs is 1. The zero-order chi connectivity index (χ0) is 21.0. The van der Waals surface area contributed by atoms with E-state index >= 15 is 0 Å². The smallest absolute Gasteiger partial charge is 0.264 e. The van der Waals surface area contributed by atoms with Gasteiger partial charge in [-0.1, -0.05) is 0 Å². The Morgan fingerprint density at radius 2 is 1.53 bits per heavy atom. The number of aromatic nitrogens is 2. The van der Waals surface area contributed by atoms with E-state index in [0.717, 1.165) is 5.69 Å². The summed E-state index contributed by atoms with van der Waals surface area (Å²) < 4.78 is 38.2. The topological polar surface area (TPSA) is 114 Å². The molecule has 0 saturated heterocycles. The third-order valence-electron chi connectivity index (χ3n) is 4.01. The highest BCUT2D eigenvalue weighted by atomic mass is 32.2. The van der Waals surface area contributed by atoms with E-state index < -0.39 is 10.0 Å². The number of hydrogen-bond donors (Lipinski definition) is 3. The molecule has 0 amide bonds. The van der Waals surface area contributed by atoms with E-state index in [9.17, 15) is 8.42 Å². The van der Waals surface area contributed by atoms with Crippen LogP contribution in [0.15, 0.2) is 65.8 Å². The van der Waals surface area contributed by atoms with Gasteiger partial charge in [0, 0.05) is 29.8 Å². The molecule has 4 rings (SSSR count). The lowest BCUT2D eigenvalue weighted by Crippen LogP contribution is -2.20. The summed E-state index contributed by atoms with van der Waals surface area (Å²) in [5.41, 5.74) is 1.36. The number of benzene rings is 2. The van der Waals surface area contributed by atoms with Crippen LogP contribution in [-0.4, -0.2) is 36.7 Å². The van der Waals surface area contributed by atoms with Gasteiger partial charge < -0.3 is 20.1 Å². The number of thiocarbonyl (C=S) groups is 1. The van der Waals surface area contributed by atoms with E-state index in [1.165, 1.54) is 24.5 Å². The first-order chi connectivity index (χ1) is 14.5. The Hall–Kier alpha value is -3.44. The van der Waals surface area contributed by atoms with Crippen molar-refractivity contribution in [3.8, 4) is 11.5 Å². The fraction of sp³-hybridized carbons (Fsp3) is 0.105. The average Bonchev–Trinajstić information content (AvgIpc) is 2.74. The minimum Gasteiger partial charge on any atom is -0.486 e. The molecule has 2 aromatic carbocycles. The summed E-state index contributed by atoms with van der Waals surface area (Å²) in [4.78, 5) is 7.79. The van der Waals surface area contributed by atoms with Crippen LogP contribution in [0.5, 0.6) is 11.5 Å². The summed E-state index contributed by atoms with van der Waals surface area (Å²) in [5, 5.41) is 6.41. The van der Waals surface area contributed by atoms with Gasteiger partial charge in [-0.15, -0.1) is 0 Å². The maximum absolute atomic E-state index is 12.4. The molecular formula is C19H17N5O4S2. The molecule has 0 fully saturated rings. The summed E-state index contributed by atoms with van der Waals surface area (Å²) in [6.45, 7) is 1.03. The Balaban J connectivity index is 1.39. The zero-order valence-electron chi connectivity index (χ0n) is 15.5. The van der Waals surface area contributed by atoms with Gasteiger partial charge in [-0.3, -0.25) is 0 Å². The summed E-state index contributed by atoms with van der Waals surface area (Å²) in [7, 11) is -3.79. The molecule has 9 nitrogen and oxygen atoms in total. The lowest BCUT2D eigenvalue weighted by molar-refractivity contribution is 0.171. The predicted octanol–water partition coefficient (Wildman–Crippen LogP) is 2.86. The van der Waals surface area contributed by atoms with Crippen LogP contribution in [0, 0.1) is 0 Å². The molecule has 0 saturated carbocycles. The number of rotatable bonds is 5. The molecule has 1 aliphatic rings. The van der Waals surface area contributed by atoms with Crippen LogP contribution < -0.4 is 24.8 Å². The van der Waals surface area contributed by atoms with Crippen molar-refractivity contribution in [2.75, 3.05) is 28.6 Å². The fourth-order valence-corrected chi connectivity index (χ4v) is 3.86. The molecule has 0 radical (unpaired) electrons. The second kappa shape index (κ2) is 8.51. The first-order valence-electron chi connectivity index (χ1n) is 8.87. The van der Waals surface area contributed by atoms with Crippen LogP contribution in [0.4, 0.5) is 17.3 Å². The molecule has 1 aromatic heterocycles. The molecule has 154 valence electrons. The van der Waals surface area contributed by atoms with Crippen molar-refractivity contribution in [1.82, 2.24) is 9.97 Å². The van der Waals surface area contributed by atoms with Gasteiger partial charge in [-0.05, 0) is 54.7 Å². The van der Waals surface area contributed by atoms with Crippen LogP contribution in [-0.2, 0) is 10.0 Å². The van der Waals surface area contributed by atoms with E-state index in [0.29, 0.717) is 35.5 Å². The SMILES string of the molecule is O=S(=O)(Nc1ncccn1)c1ccc(NC(=S)Nc2ccc3c(c2)OCCO3)cc1. The van der Waals surface area contributed by atoms with E-state index in [2.05, 4.69) is 25.3 Å². The Morgan fingerprint density at radius 1 is 0.900 bits per heavy atom. The van der Waals surface area contributed by atoms with Crippen molar-refractivity contribution in [2.24, 2.45) is 0 Å². The van der Waals surface area contributed by atoms with Crippen molar-refractivity contribution in [3.63, 3.8) is 0 Å². The standard InChI is InChI=1S/C19H17N5O4S2/c25-30(26,24-18-20-8-1-9-21-18)15-5-2-13(3-6-15)22-19(29)23-14-4-7-16-17(12-14)28-11-10-27-16/h1-9,12H,10-11H2,(H,20,21,24)(H2,22,23,29). The molecule has 0 atom stereocenters. The van der Waals surface area contributed by atoms with Gasteiger partial charge in [0.05, 0.1) is 4.90 Å². The van der Waals surface area contributed by atoms with E-state index in [-0.39, 0.29) is 10.8 Å². The first kappa shape index (κ1) is 19.9. The van der Waals surface area contributed by atoms with Gasteiger partial charge >= 0.3 is 0 Å². The second-order valence-electron chi connectivity index (χ2n) is 6.14. The Morgan fingerprint density at radius 3 is 2.27 bits per heavy atom. The van der Waals surface area contributed by atoms with Crippen molar-refractivity contribution in [3.05, 3.63) is 60.9 Å². The van der Waals surface area contributed by atoms with Crippen LogP contribution in [0.3, 0.4) is 0 Å². The summed E-state index contributed by atoms with van der Waals surface area (Å²) in [6, 6.07) is 13.2. The minimum atomic E-state index is -3.79. The van der Waals surface area contributed by atoms with Gasteiger partial charge in [0.2, 0.25) is 5.95 Å². The number of anilines is 3. The summed E-state index contributed by atoms with van der Waals surface area (Å²) in [5.74, 6) is 1.35. The first-order valence-corrected chi connectivity index (χ1v) is 10.8. The van der Waals surface area contributed by atoms with Crippen molar-refractivity contribution in [2.45, 2.75) is 4.90 Å². The summed E-state index contributed by atoms with van der Waals surface area (Å²) >= 11 is 5.32. The Labute approximate surface area is 178 Å². The van der Waals surface area contributed by atoms with Gasteiger partial charge in [-0.2, -0.15) is 0 Å². The maximum atomic E-state index is 12.4. The van der Waals surface area contributed by atoms with Gasteiger partial charge in [0.25, 0.3) is 10.0 Å². The maximum Gasteiger partial charge on any atom is 0.264 e. The third-order valence-corrected chi connectivity index (χ3v) is 5.56. The number of hydrogen-bond acceptors (Lipinski definition) is 7. The molecule has 11 heteroatoms. The molecular weight excluding hydrogens is 426 g/mol. The van der Waals surface area contributed by atoms with Crippen LogP contribution >= 0.6 is 12.2 Å². The highest BCUT2D eigenvalue weighted by Crippen LogP contribution is 2.32. The van der Waals surface area contributed by atoms with Crippen LogP contribution in [0.25, 0.3) is 0 Å².